The Labute approximate surface area is 120 Å². The van der Waals surface area contributed by atoms with Crippen molar-refractivity contribution in [2.75, 3.05) is 18.4 Å². The third-order valence-corrected chi connectivity index (χ3v) is 2.92. The fourth-order valence-electron chi connectivity index (χ4n) is 1.74. The molecule has 0 aromatic carbocycles. The Morgan fingerprint density at radius 2 is 2.15 bits per heavy atom. The average Bonchev–Trinajstić information content (AvgIpc) is 2.79. The zero-order valence-corrected chi connectivity index (χ0v) is 11.7. The van der Waals surface area contributed by atoms with E-state index >= 15 is 0 Å². The second-order valence-electron chi connectivity index (χ2n) is 4.00. The maximum absolute atomic E-state index is 12.5. The Balaban J connectivity index is 2.31. The van der Waals surface area contributed by atoms with Gasteiger partial charge in [-0.3, -0.25) is 9.78 Å². The number of carbonyl (C=O) groups is 1. The number of amides is 1. The van der Waals surface area contributed by atoms with Crippen LogP contribution in [0.4, 0.5) is 13.2 Å². The Hall–Kier alpha value is -1.64. The van der Waals surface area contributed by atoms with Crippen LogP contribution in [0.15, 0.2) is 24.8 Å². The minimum absolute atomic E-state index is 0.0457. The molecule has 0 spiro atoms. The standard InChI is InChI=1S/C11H10BrF3N4O/c12-1-3-18(7-11(13,14)15)10(20)8-5-17-19-4-2-16-6-9(8)19/h2,4-6H,1,3,7H2. The first-order valence-corrected chi connectivity index (χ1v) is 6.74. The summed E-state index contributed by atoms with van der Waals surface area (Å²) in [5.41, 5.74) is 0.475. The quantitative estimate of drug-likeness (QED) is 0.793. The molecule has 2 heterocycles. The van der Waals surface area contributed by atoms with Crippen LogP contribution >= 0.6 is 15.9 Å². The van der Waals surface area contributed by atoms with E-state index in [0.29, 0.717) is 5.52 Å². The molecule has 0 aliphatic carbocycles. The second-order valence-corrected chi connectivity index (χ2v) is 4.79. The molecule has 0 aliphatic heterocycles. The highest BCUT2D eigenvalue weighted by molar-refractivity contribution is 9.09. The van der Waals surface area contributed by atoms with E-state index in [1.54, 1.807) is 0 Å². The summed E-state index contributed by atoms with van der Waals surface area (Å²) < 4.78 is 38.9. The lowest BCUT2D eigenvalue weighted by Gasteiger charge is -2.22. The van der Waals surface area contributed by atoms with Crippen molar-refractivity contribution in [3.63, 3.8) is 0 Å². The van der Waals surface area contributed by atoms with Crippen LogP contribution in [0.25, 0.3) is 5.52 Å². The fraction of sp³-hybridized carbons (Fsp3) is 0.364. The normalized spacial score (nSPS) is 11.8. The monoisotopic (exact) mass is 350 g/mol. The van der Waals surface area contributed by atoms with Crippen LogP contribution in [0.3, 0.4) is 0 Å². The summed E-state index contributed by atoms with van der Waals surface area (Å²) in [7, 11) is 0. The summed E-state index contributed by atoms with van der Waals surface area (Å²) in [5.74, 6) is -0.718. The molecule has 0 aliphatic rings. The molecule has 2 rings (SSSR count). The van der Waals surface area contributed by atoms with Gasteiger partial charge in [-0.1, -0.05) is 15.9 Å². The van der Waals surface area contributed by atoms with Crippen molar-refractivity contribution >= 4 is 27.4 Å². The van der Waals surface area contributed by atoms with Gasteiger partial charge >= 0.3 is 6.18 Å². The van der Waals surface area contributed by atoms with Crippen LogP contribution in [0.5, 0.6) is 0 Å². The molecular weight excluding hydrogens is 341 g/mol. The van der Waals surface area contributed by atoms with Crippen LogP contribution in [-0.4, -0.2) is 50.0 Å². The van der Waals surface area contributed by atoms with Crippen LogP contribution in [0.1, 0.15) is 10.4 Å². The van der Waals surface area contributed by atoms with Crippen LogP contribution < -0.4 is 0 Å². The number of fused-ring (bicyclic) bond motifs is 1. The third-order valence-electron chi connectivity index (χ3n) is 2.57. The topological polar surface area (TPSA) is 50.5 Å². The van der Waals surface area contributed by atoms with Crippen molar-refractivity contribution in [2.24, 2.45) is 0 Å². The largest absolute Gasteiger partial charge is 0.406 e. The first-order valence-electron chi connectivity index (χ1n) is 5.62. The maximum Gasteiger partial charge on any atom is 0.406 e. The van der Waals surface area contributed by atoms with E-state index in [9.17, 15) is 18.0 Å². The highest BCUT2D eigenvalue weighted by atomic mass is 79.9. The molecule has 0 N–H and O–H groups in total. The van der Waals surface area contributed by atoms with Gasteiger partial charge in [-0.25, -0.2) is 4.52 Å². The first-order chi connectivity index (χ1) is 9.42. The van der Waals surface area contributed by atoms with Gasteiger partial charge in [0, 0.05) is 24.3 Å². The molecule has 5 nitrogen and oxygen atoms in total. The summed E-state index contributed by atoms with van der Waals surface area (Å²) in [4.78, 5) is 16.8. The smallest absolute Gasteiger partial charge is 0.329 e. The molecule has 20 heavy (non-hydrogen) atoms. The molecular formula is C11H10BrF3N4O. The van der Waals surface area contributed by atoms with Gasteiger partial charge in [-0.15, -0.1) is 0 Å². The molecule has 2 aromatic heterocycles. The van der Waals surface area contributed by atoms with Gasteiger partial charge < -0.3 is 4.90 Å². The number of carbonyl (C=O) groups excluding carboxylic acids is 1. The lowest BCUT2D eigenvalue weighted by molar-refractivity contribution is -0.140. The Kier molecular flexibility index (Phi) is 4.26. The number of aromatic nitrogens is 3. The van der Waals surface area contributed by atoms with Crippen molar-refractivity contribution in [2.45, 2.75) is 6.18 Å². The lowest BCUT2D eigenvalue weighted by Crippen LogP contribution is -2.40. The molecule has 1 amide bonds. The summed E-state index contributed by atoms with van der Waals surface area (Å²) in [5, 5.41) is 4.17. The molecule has 0 radical (unpaired) electrons. The van der Waals surface area contributed by atoms with E-state index in [1.807, 2.05) is 0 Å². The predicted octanol–water partition coefficient (Wildman–Crippen LogP) is 2.13. The van der Waals surface area contributed by atoms with Gasteiger partial charge in [-0.05, 0) is 0 Å². The van der Waals surface area contributed by atoms with E-state index in [4.69, 9.17) is 0 Å². The molecule has 0 saturated carbocycles. The number of rotatable bonds is 4. The van der Waals surface area contributed by atoms with Crippen LogP contribution in [0.2, 0.25) is 0 Å². The van der Waals surface area contributed by atoms with E-state index in [-0.39, 0.29) is 17.4 Å². The van der Waals surface area contributed by atoms with E-state index in [2.05, 4.69) is 26.0 Å². The number of nitrogens with zero attached hydrogens (tertiary/aromatic N) is 4. The Morgan fingerprint density at radius 1 is 1.40 bits per heavy atom. The highest BCUT2D eigenvalue weighted by Crippen LogP contribution is 2.19. The summed E-state index contributed by atoms with van der Waals surface area (Å²) >= 11 is 3.04. The maximum atomic E-state index is 12.5. The molecule has 0 saturated heterocycles. The van der Waals surface area contributed by atoms with E-state index in [0.717, 1.165) is 4.90 Å². The lowest BCUT2D eigenvalue weighted by atomic mass is 10.2. The minimum atomic E-state index is -4.45. The van der Waals surface area contributed by atoms with Crippen LogP contribution in [-0.2, 0) is 0 Å². The number of alkyl halides is 4. The van der Waals surface area contributed by atoms with Crippen molar-refractivity contribution in [3.8, 4) is 0 Å². The zero-order valence-electron chi connectivity index (χ0n) is 10.1. The number of hydrogen-bond donors (Lipinski definition) is 0. The Morgan fingerprint density at radius 3 is 2.80 bits per heavy atom. The van der Waals surface area contributed by atoms with Gasteiger partial charge in [0.1, 0.15) is 6.54 Å². The molecule has 0 atom stereocenters. The first kappa shape index (κ1) is 14.8. The van der Waals surface area contributed by atoms with Gasteiger partial charge in [-0.2, -0.15) is 18.3 Å². The van der Waals surface area contributed by atoms with E-state index < -0.39 is 18.6 Å². The molecule has 9 heteroatoms. The van der Waals surface area contributed by atoms with Gasteiger partial charge in [0.25, 0.3) is 5.91 Å². The third kappa shape index (κ3) is 3.27. The highest BCUT2D eigenvalue weighted by Gasteiger charge is 2.33. The summed E-state index contributed by atoms with van der Waals surface area (Å²) in [6, 6.07) is 0. The fourth-order valence-corrected chi connectivity index (χ4v) is 2.17. The molecule has 0 fully saturated rings. The van der Waals surface area contributed by atoms with Gasteiger partial charge in [0.2, 0.25) is 0 Å². The van der Waals surface area contributed by atoms with Gasteiger partial charge in [0.15, 0.2) is 0 Å². The van der Waals surface area contributed by atoms with Crippen LogP contribution in [0, 0.1) is 0 Å². The number of halogens is 4. The van der Waals surface area contributed by atoms with Crippen molar-refractivity contribution in [1.82, 2.24) is 19.5 Å². The predicted molar refractivity (Wildman–Crippen MR) is 68.7 cm³/mol. The Bertz CT molecular complexity index is 613. The molecule has 2 aromatic rings. The zero-order chi connectivity index (χ0) is 14.8. The molecule has 0 bridgehead atoms. The van der Waals surface area contributed by atoms with Crippen molar-refractivity contribution in [1.29, 1.82) is 0 Å². The average molecular weight is 351 g/mol. The molecule has 0 unspecified atom stereocenters. The SMILES string of the molecule is O=C(c1cnn2ccncc12)N(CCBr)CC(F)(F)F. The summed E-state index contributed by atoms with van der Waals surface area (Å²) in [6.07, 6.45) is 1.18. The van der Waals surface area contributed by atoms with Crippen molar-refractivity contribution < 1.29 is 18.0 Å². The molecule has 108 valence electrons. The van der Waals surface area contributed by atoms with Gasteiger partial charge in [0.05, 0.1) is 23.5 Å². The summed E-state index contributed by atoms with van der Waals surface area (Å²) in [6.45, 7) is -1.34. The van der Waals surface area contributed by atoms with E-state index in [1.165, 1.54) is 29.3 Å². The second kappa shape index (κ2) is 5.78. The number of hydrogen-bond acceptors (Lipinski definition) is 3. The minimum Gasteiger partial charge on any atom is -0.329 e. The van der Waals surface area contributed by atoms with Crippen molar-refractivity contribution in [3.05, 3.63) is 30.4 Å².